The standard InChI is InChI=1S/C23H22Cl2N2O5/c1-3-14-9-11-15(12-10-14)31-13-5-8-18(28)26-22-20(23(29)30-2)21(27-32-22)19-16(24)6-4-7-17(19)25/h4,6-7,9-12H,3,5,8,13H2,1-2H3,(H,26,28). The van der Waals surface area contributed by atoms with Gasteiger partial charge in [0.15, 0.2) is 5.56 Å². The summed E-state index contributed by atoms with van der Waals surface area (Å²) in [5, 5.41) is 7.01. The Morgan fingerprint density at radius 1 is 1.09 bits per heavy atom. The molecule has 1 heterocycles. The first-order valence-corrected chi connectivity index (χ1v) is 10.7. The van der Waals surface area contributed by atoms with Crippen molar-refractivity contribution in [3.8, 4) is 17.0 Å². The largest absolute Gasteiger partial charge is 0.494 e. The Labute approximate surface area is 195 Å². The van der Waals surface area contributed by atoms with Crippen LogP contribution in [0.2, 0.25) is 10.0 Å². The molecule has 1 N–H and O–H groups in total. The molecule has 0 saturated heterocycles. The van der Waals surface area contributed by atoms with Crippen LogP contribution in [0.25, 0.3) is 11.3 Å². The van der Waals surface area contributed by atoms with E-state index < -0.39 is 5.97 Å². The van der Waals surface area contributed by atoms with Gasteiger partial charge in [-0.15, -0.1) is 0 Å². The number of anilines is 1. The number of halogens is 2. The number of ether oxygens (including phenoxy) is 2. The number of nitrogens with one attached hydrogen (secondary N) is 1. The maximum absolute atomic E-state index is 12.4. The Balaban J connectivity index is 1.65. The van der Waals surface area contributed by atoms with E-state index >= 15 is 0 Å². The highest BCUT2D eigenvalue weighted by Gasteiger charge is 2.28. The van der Waals surface area contributed by atoms with Gasteiger partial charge < -0.3 is 14.0 Å². The number of aryl methyl sites for hydroxylation is 1. The fourth-order valence-electron chi connectivity index (χ4n) is 2.99. The van der Waals surface area contributed by atoms with Gasteiger partial charge in [-0.25, -0.2) is 4.79 Å². The van der Waals surface area contributed by atoms with Crippen LogP contribution in [0.3, 0.4) is 0 Å². The van der Waals surface area contributed by atoms with Gasteiger partial charge in [-0.1, -0.05) is 53.5 Å². The van der Waals surface area contributed by atoms with Gasteiger partial charge in [-0.05, 0) is 42.7 Å². The Hall–Kier alpha value is -3.03. The number of esters is 1. The van der Waals surface area contributed by atoms with Crippen LogP contribution in [0.5, 0.6) is 5.75 Å². The zero-order chi connectivity index (χ0) is 23.1. The number of carbonyl (C=O) groups excluding carboxylic acids is 2. The monoisotopic (exact) mass is 476 g/mol. The minimum absolute atomic E-state index is 0.0666. The highest BCUT2D eigenvalue weighted by atomic mass is 35.5. The van der Waals surface area contributed by atoms with Gasteiger partial charge in [0.25, 0.3) is 0 Å². The van der Waals surface area contributed by atoms with Crippen LogP contribution in [-0.2, 0) is 16.0 Å². The number of benzene rings is 2. The van der Waals surface area contributed by atoms with E-state index in [2.05, 4.69) is 17.4 Å². The van der Waals surface area contributed by atoms with E-state index in [1.807, 2.05) is 24.3 Å². The van der Waals surface area contributed by atoms with Crippen molar-refractivity contribution in [2.24, 2.45) is 0 Å². The van der Waals surface area contributed by atoms with Gasteiger partial charge in [0.1, 0.15) is 11.4 Å². The molecule has 1 aromatic heterocycles. The van der Waals surface area contributed by atoms with Crippen molar-refractivity contribution in [1.29, 1.82) is 0 Å². The molecule has 0 aliphatic carbocycles. The van der Waals surface area contributed by atoms with Crippen LogP contribution in [0.15, 0.2) is 47.0 Å². The zero-order valence-electron chi connectivity index (χ0n) is 17.6. The molecular weight excluding hydrogens is 455 g/mol. The topological polar surface area (TPSA) is 90.7 Å². The van der Waals surface area contributed by atoms with Gasteiger partial charge in [0, 0.05) is 12.0 Å². The third-order valence-corrected chi connectivity index (χ3v) is 5.31. The first-order valence-electron chi connectivity index (χ1n) is 9.98. The molecular formula is C23H22Cl2N2O5. The van der Waals surface area contributed by atoms with Crippen molar-refractivity contribution in [3.63, 3.8) is 0 Å². The molecule has 0 fully saturated rings. The maximum atomic E-state index is 12.4. The Morgan fingerprint density at radius 3 is 2.41 bits per heavy atom. The predicted octanol–water partition coefficient (Wildman–Crippen LogP) is 5.80. The lowest BCUT2D eigenvalue weighted by Gasteiger charge is -2.08. The van der Waals surface area contributed by atoms with Crippen LogP contribution >= 0.6 is 23.2 Å². The Morgan fingerprint density at radius 2 is 1.78 bits per heavy atom. The summed E-state index contributed by atoms with van der Waals surface area (Å²) >= 11 is 12.5. The fourth-order valence-corrected chi connectivity index (χ4v) is 3.57. The normalized spacial score (nSPS) is 10.6. The summed E-state index contributed by atoms with van der Waals surface area (Å²) in [4.78, 5) is 24.8. The van der Waals surface area contributed by atoms with E-state index in [0.717, 1.165) is 12.2 Å². The number of hydrogen-bond acceptors (Lipinski definition) is 6. The van der Waals surface area contributed by atoms with Crippen LogP contribution < -0.4 is 10.1 Å². The first-order chi connectivity index (χ1) is 15.4. The third-order valence-electron chi connectivity index (χ3n) is 4.68. The SMILES string of the molecule is CCc1ccc(OCCCC(=O)Nc2onc(-c3c(Cl)cccc3Cl)c2C(=O)OC)cc1. The molecule has 0 spiro atoms. The van der Waals surface area contributed by atoms with Crippen molar-refractivity contribution >= 4 is 41.0 Å². The molecule has 0 radical (unpaired) electrons. The third kappa shape index (κ3) is 5.60. The molecule has 2 aromatic carbocycles. The summed E-state index contributed by atoms with van der Waals surface area (Å²) in [5.41, 5.74) is 1.55. The second-order valence-corrected chi connectivity index (χ2v) is 7.64. The Bertz CT molecular complexity index is 1080. The van der Waals surface area contributed by atoms with E-state index in [1.165, 1.54) is 12.7 Å². The van der Waals surface area contributed by atoms with Crippen LogP contribution in [0.4, 0.5) is 5.88 Å². The van der Waals surface area contributed by atoms with Gasteiger partial charge in [-0.3, -0.25) is 10.1 Å². The van der Waals surface area contributed by atoms with Crippen molar-refractivity contribution in [1.82, 2.24) is 5.16 Å². The average Bonchev–Trinajstić information content (AvgIpc) is 3.19. The second-order valence-electron chi connectivity index (χ2n) is 6.82. The van der Waals surface area contributed by atoms with Crippen molar-refractivity contribution in [2.75, 3.05) is 19.0 Å². The minimum atomic E-state index is -0.744. The summed E-state index contributed by atoms with van der Waals surface area (Å²) in [5.74, 6) is -0.504. The first kappa shape index (κ1) is 23.6. The quantitative estimate of drug-likeness (QED) is 0.310. The number of hydrogen-bond donors (Lipinski definition) is 1. The highest BCUT2D eigenvalue weighted by molar-refractivity contribution is 6.39. The van der Waals surface area contributed by atoms with Gasteiger partial charge in [0.05, 0.1) is 23.8 Å². The number of nitrogens with zero attached hydrogens (tertiary/aromatic N) is 1. The molecule has 3 aromatic rings. The summed E-state index contributed by atoms with van der Waals surface area (Å²) in [6.07, 6.45) is 1.57. The highest BCUT2D eigenvalue weighted by Crippen LogP contribution is 2.38. The number of amides is 1. The van der Waals surface area contributed by atoms with E-state index in [1.54, 1.807) is 18.2 Å². The van der Waals surface area contributed by atoms with Gasteiger partial charge in [0.2, 0.25) is 11.8 Å². The van der Waals surface area contributed by atoms with E-state index in [0.29, 0.717) is 18.6 Å². The maximum Gasteiger partial charge on any atom is 0.345 e. The molecule has 0 aliphatic heterocycles. The number of aromatic nitrogens is 1. The molecule has 7 nitrogen and oxygen atoms in total. The molecule has 3 rings (SSSR count). The van der Waals surface area contributed by atoms with Crippen LogP contribution in [0, 0.1) is 0 Å². The van der Waals surface area contributed by atoms with Crippen molar-refractivity contribution in [3.05, 3.63) is 63.6 Å². The summed E-state index contributed by atoms with van der Waals surface area (Å²) < 4.78 is 15.7. The van der Waals surface area contributed by atoms with Crippen LogP contribution in [-0.4, -0.2) is 30.7 Å². The molecule has 168 valence electrons. The molecule has 0 bridgehead atoms. The molecule has 1 amide bonds. The average molecular weight is 477 g/mol. The second kappa shape index (κ2) is 11.0. The molecule has 9 heteroatoms. The molecule has 0 unspecified atom stereocenters. The summed E-state index contributed by atoms with van der Waals surface area (Å²) in [7, 11) is 1.21. The number of carbonyl (C=O) groups is 2. The number of rotatable bonds is 9. The van der Waals surface area contributed by atoms with Crippen LogP contribution in [0.1, 0.15) is 35.7 Å². The molecule has 0 atom stereocenters. The van der Waals surface area contributed by atoms with Gasteiger partial charge in [-0.2, -0.15) is 0 Å². The number of methoxy groups -OCH3 is 1. The Kier molecular flexibility index (Phi) is 8.14. The summed E-state index contributed by atoms with van der Waals surface area (Å²) in [6, 6.07) is 12.7. The lowest BCUT2D eigenvalue weighted by Crippen LogP contribution is -2.15. The van der Waals surface area contributed by atoms with E-state index in [4.69, 9.17) is 37.2 Å². The zero-order valence-corrected chi connectivity index (χ0v) is 19.1. The smallest absolute Gasteiger partial charge is 0.345 e. The minimum Gasteiger partial charge on any atom is -0.494 e. The predicted molar refractivity (Wildman–Crippen MR) is 122 cm³/mol. The molecule has 0 aliphatic rings. The fraction of sp³-hybridized carbons (Fsp3) is 0.261. The van der Waals surface area contributed by atoms with E-state index in [-0.39, 0.29) is 39.5 Å². The molecule has 0 saturated carbocycles. The lowest BCUT2D eigenvalue weighted by atomic mass is 10.1. The molecule has 32 heavy (non-hydrogen) atoms. The van der Waals surface area contributed by atoms with Crippen molar-refractivity contribution in [2.45, 2.75) is 26.2 Å². The van der Waals surface area contributed by atoms with E-state index in [9.17, 15) is 9.59 Å². The lowest BCUT2D eigenvalue weighted by molar-refractivity contribution is -0.116. The summed E-state index contributed by atoms with van der Waals surface area (Å²) in [6.45, 7) is 2.44. The van der Waals surface area contributed by atoms with Gasteiger partial charge >= 0.3 is 5.97 Å². The van der Waals surface area contributed by atoms with Crippen molar-refractivity contribution < 1.29 is 23.6 Å².